The maximum atomic E-state index is 14.0. The van der Waals surface area contributed by atoms with Crippen LogP contribution < -0.4 is 0 Å². The minimum absolute atomic E-state index is 0.0154. The molecule has 1 aromatic rings. The third kappa shape index (κ3) is 5.45. The predicted molar refractivity (Wildman–Crippen MR) is 108 cm³/mol. The largest absolute Gasteiger partial charge is 0.342 e. The standard InChI is InChI=1S/C21H29ClFN3O2/c1-24-10-12-25(13-11-24)20(27)8-7-16-4-3-9-26(15-16)21(28)14-17-18(22)5-2-6-19(17)23/h2,5-6,16H,3-4,7-15H2,1H3/t16-/m1/s1. The number of hydrogen-bond donors (Lipinski definition) is 0. The highest BCUT2D eigenvalue weighted by Crippen LogP contribution is 2.24. The smallest absolute Gasteiger partial charge is 0.227 e. The molecule has 2 amide bonds. The van der Waals surface area contributed by atoms with Crippen LogP contribution in [0.2, 0.25) is 5.02 Å². The van der Waals surface area contributed by atoms with Gasteiger partial charge in [0.15, 0.2) is 0 Å². The van der Waals surface area contributed by atoms with Crippen molar-refractivity contribution >= 4 is 23.4 Å². The van der Waals surface area contributed by atoms with Crippen molar-refractivity contribution in [1.29, 1.82) is 0 Å². The van der Waals surface area contributed by atoms with E-state index in [-0.39, 0.29) is 23.8 Å². The molecule has 1 atom stereocenters. The summed E-state index contributed by atoms with van der Waals surface area (Å²) in [4.78, 5) is 31.1. The van der Waals surface area contributed by atoms with Crippen LogP contribution in [-0.4, -0.2) is 72.8 Å². The van der Waals surface area contributed by atoms with Crippen molar-refractivity contribution in [2.24, 2.45) is 5.92 Å². The Morgan fingerprint density at radius 2 is 1.86 bits per heavy atom. The zero-order valence-electron chi connectivity index (χ0n) is 16.5. The average molecular weight is 410 g/mol. The van der Waals surface area contributed by atoms with E-state index < -0.39 is 5.82 Å². The summed E-state index contributed by atoms with van der Waals surface area (Å²) < 4.78 is 14.0. The molecule has 0 aliphatic carbocycles. The Hall–Kier alpha value is -1.66. The molecular formula is C21H29ClFN3O2. The van der Waals surface area contributed by atoms with Crippen molar-refractivity contribution in [1.82, 2.24) is 14.7 Å². The first-order valence-corrected chi connectivity index (χ1v) is 10.5. The van der Waals surface area contributed by atoms with Crippen LogP contribution in [0.1, 0.15) is 31.2 Å². The van der Waals surface area contributed by atoms with E-state index in [4.69, 9.17) is 11.6 Å². The highest BCUT2D eigenvalue weighted by molar-refractivity contribution is 6.31. The Labute approximate surface area is 171 Å². The van der Waals surface area contributed by atoms with Crippen molar-refractivity contribution in [3.05, 3.63) is 34.6 Å². The molecule has 2 saturated heterocycles. The summed E-state index contributed by atoms with van der Waals surface area (Å²) in [6.07, 6.45) is 3.27. The Bertz CT molecular complexity index is 687. The summed E-state index contributed by atoms with van der Waals surface area (Å²) in [7, 11) is 2.07. The summed E-state index contributed by atoms with van der Waals surface area (Å²) in [5, 5.41) is 0.291. The monoisotopic (exact) mass is 409 g/mol. The molecular weight excluding hydrogens is 381 g/mol. The number of amides is 2. The summed E-state index contributed by atoms with van der Waals surface area (Å²) in [6, 6.07) is 4.48. The van der Waals surface area contributed by atoms with Gasteiger partial charge >= 0.3 is 0 Å². The molecule has 2 aliphatic heterocycles. The minimum atomic E-state index is -0.438. The van der Waals surface area contributed by atoms with Gasteiger partial charge in [0.1, 0.15) is 5.82 Å². The summed E-state index contributed by atoms with van der Waals surface area (Å²) in [6.45, 7) is 4.78. The van der Waals surface area contributed by atoms with Crippen molar-refractivity contribution in [2.75, 3.05) is 46.3 Å². The average Bonchev–Trinajstić information content (AvgIpc) is 2.69. The number of rotatable bonds is 5. The Morgan fingerprint density at radius 3 is 2.57 bits per heavy atom. The third-order valence-corrected chi connectivity index (χ3v) is 6.24. The van der Waals surface area contributed by atoms with Crippen LogP contribution in [-0.2, 0) is 16.0 Å². The van der Waals surface area contributed by atoms with Crippen LogP contribution in [0.25, 0.3) is 0 Å². The van der Waals surface area contributed by atoms with E-state index >= 15 is 0 Å². The van der Waals surface area contributed by atoms with Gasteiger partial charge in [0.05, 0.1) is 6.42 Å². The maximum Gasteiger partial charge on any atom is 0.227 e. The quantitative estimate of drug-likeness (QED) is 0.751. The van der Waals surface area contributed by atoms with Gasteiger partial charge in [-0.1, -0.05) is 17.7 Å². The molecule has 2 aliphatic rings. The predicted octanol–water partition coefficient (Wildman–Crippen LogP) is 2.81. The van der Waals surface area contributed by atoms with Crippen molar-refractivity contribution < 1.29 is 14.0 Å². The Balaban J connectivity index is 1.48. The molecule has 0 N–H and O–H groups in total. The molecule has 0 bridgehead atoms. The molecule has 2 heterocycles. The molecule has 2 fully saturated rings. The van der Waals surface area contributed by atoms with E-state index in [0.717, 1.165) is 45.4 Å². The van der Waals surface area contributed by atoms with Crippen molar-refractivity contribution in [2.45, 2.75) is 32.1 Å². The number of benzene rings is 1. The van der Waals surface area contributed by atoms with E-state index in [1.165, 1.54) is 6.07 Å². The SMILES string of the molecule is CN1CCN(C(=O)CC[C@H]2CCCN(C(=O)Cc3c(F)cccc3Cl)C2)CC1. The lowest BCUT2D eigenvalue weighted by Gasteiger charge is -2.35. The summed E-state index contributed by atoms with van der Waals surface area (Å²) >= 11 is 6.05. The normalized spacial score (nSPS) is 21.0. The highest BCUT2D eigenvalue weighted by atomic mass is 35.5. The summed E-state index contributed by atoms with van der Waals surface area (Å²) in [5.74, 6) is 0.00849. The van der Waals surface area contributed by atoms with Gasteiger partial charge in [-0.15, -0.1) is 0 Å². The molecule has 5 nitrogen and oxygen atoms in total. The van der Waals surface area contributed by atoms with Crippen LogP contribution in [0, 0.1) is 11.7 Å². The van der Waals surface area contributed by atoms with Crippen molar-refractivity contribution in [3.8, 4) is 0 Å². The fourth-order valence-corrected chi connectivity index (χ4v) is 4.26. The maximum absolute atomic E-state index is 14.0. The zero-order valence-corrected chi connectivity index (χ0v) is 17.3. The van der Waals surface area contributed by atoms with Crippen molar-refractivity contribution in [3.63, 3.8) is 0 Å². The molecule has 0 saturated carbocycles. The number of carbonyl (C=O) groups excluding carboxylic acids is 2. The lowest BCUT2D eigenvalue weighted by molar-refractivity contribution is -0.133. The van der Waals surface area contributed by atoms with E-state index in [2.05, 4.69) is 11.9 Å². The molecule has 28 heavy (non-hydrogen) atoms. The first kappa shape index (κ1) is 21.1. The van der Waals surface area contributed by atoms with Gasteiger partial charge in [-0.3, -0.25) is 9.59 Å². The van der Waals surface area contributed by atoms with E-state index in [0.29, 0.717) is 30.5 Å². The lowest BCUT2D eigenvalue weighted by atomic mass is 9.92. The second kappa shape index (κ2) is 9.70. The number of halogens is 2. The van der Waals surface area contributed by atoms with Crippen LogP contribution in [0.5, 0.6) is 0 Å². The molecule has 0 spiro atoms. The van der Waals surface area contributed by atoms with Gasteiger partial charge in [-0.05, 0) is 44.4 Å². The summed E-state index contributed by atoms with van der Waals surface area (Å²) in [5.41, 5.74) is 0.265. The number of likely N-dealkylation sites (N-methyl/N-ethyl adjacent to an activating group) is 1. The van der Waals surface area contributed by atoms with Gasteiger partial charge in [0.2, 0.25) is 11.8 Å². The topological polar surface area (TPSA) is 43.9 Å². The number of piperazine rings is 1. The number of hydrogen-bond acceptors (Lipinski definition) is 3. The third-order valence-electron chi connectivity index (χ3n) is 5.88. The number of likely N-dealkylation sites (tertiary alicyclic amines) is 1. The fraction of sp³-hybridized carbons (Fsp3) is 0.619. The molecule has 3 rings (SSSR count). The molecule has 0 aromatic heterocycles. The second-order valence-corrected chi connectivity index (χ2v) is 8.35. The first-order valence-electron chi connectivity index (χ1n) is 10.1. The van der Waals surface area contributed by atoms with Crippen LogP contribution in [0.4, 0.5) is 4.39 Å². The Kier molecular flexibility index (Phi) is 7.30. The number of nitrogens with zero attached hydrogens (tertiary/aromatic N) is 3. The van der Waals surface area contributed by atoms with Gasteiger partial charge < -0.3 is 14.7 Å². The molecule has 7 heteroatoms. The van der Waals surface area contributed by atoms with E-state index in [9.17, 15) is 14.0 Å². The zero-order chi connectivity index (χ0) is 20.1. The number of carbonyl (C=O) groups is 2. The second-order valence-electron chi connectivity index (χ2n) is 7.95. The van der Waals surface area contributed by atoms with E-state index in [1.807, 2.05) is 4.90 Å². The van der Waals surface area contributed by atoms with Gasteiger partial charge in [0, 0.05) is 56.3 Å². The minimum Gasteiger partial charge on any atom is -0.342 e. The molecule has 0 unspecified atom stereocenters. The van der Waals surface area contributed by atoms with Gasteiger partial charge in [-0.2, -0.15) is 0 Å². The van der Waals surface area contributed by atoms with Gasteiger partial charge in [0.25, 0.3) is 0 Å². The first-order chi connectivity index (χ1) is 13.4. The molecule has 154 valence electrons. The van der Waals surface area contributed by atoms with Crippen LogP contribution >= 0.6 is 11.6 Å². The lowest BCUT2D eigenvalue weighted by Crippen LogP contribution is -2.47. The van der Waals surface area contributed by atoms with E-state index in [1.54, 1.807) is 17.0 Å². The Morgan fingerprint density at radius 1 is 1.11 bits per heavy atom. The van der Waals surface area contributed by atoms with Crippen LogP contribution in [0.3, 0.4) is 0 Å². The van der Waals surface area contributed by atoms with Crippen LogP contribution in [0.15, 0.2) is 18.2 Å². The molecule has 1 aromatic carbocycles. The highest BCUT2D eigenvalue weighted by Gasteiger charge is 2.26. The van der Waals surface area contributed by atoms with Gasteiger partial charge in [-0.25, -0.2) is 4.39 Å². The molecule has 0 radical (unpaired) electrons. The fourth-order valence-electron chi connectivity index (χ4n) is 4.03. The number of piperidine rings is 1.